The molecule has 0 aromatic carbocycles. The van der Waals surface area contributed by atoms with Gasteiger partial charge in [-0.2, -0.15) is 0 Å². The smallest absolute Gasteiger partial charge is 0.191 e. The number of thiazole rings is 1. The molecule has 0 aliphatic carbocycles. The largest absolute Gasteiger partial charge is 0.356 e. The standard InChI is InChI=1S/C11H16N4S.HI/c1-4-6-13-11(12-3)14-7-5-10-8-16-9(2)15-10;/h1,8H,5-7H2,2-3H3,(H2,12,13,14);1H. The zero-order valence-corrected chi connectivity index (χ0v) is 13.1. The Morgan fingerprint density at radius 1 is 1.59 bits per heavy atom. The molecule has 0 unspecified atom stereocenters. The third-order valence-corrected chi connectivity index (χ3v) is 2.74. The monoisotopic (exact) mass is 364 g/mol. The van der Waals surface area contributed by atoms with Crippen LogP contribution in [0.1, 0.15) is 10.7 Å². The van der Waals surface area contributed by atoms with Crippen LogP contribution in [0.15, 0.2) is 10.4 Å². The topological polar surface area (TPSA) is 49.3 Å². The molecule has 0 saturated carbocycles. The Hall–Kier alpha value is -0.810. The molecule has 0 saturated heterocycles. The molecule has 6 heteroatoms. The number of hydrogen-bond donors (Lipinski definition) is 2. The summed E-state index contributed by atoms with van der Waals surface area (Å²) < 4.78 is 0. The molecule has 0 radical (unpaired) electrons. The average Bonchev–Trinajstić information content (AvgIpc) is 2.69. The lowest BCUT2D eigenvalue weighted by atomic mass is 10.3. The summed E-state index contributed by atoms with van der Waals surface area (Å²) >= 11 is 1.67. The number of aromatic nitrogens is 1. The second-order valence-electron chi connectivity index (χ2n) is 3.16. The van der Waals surface area contributed by atoms with Crippen molar-refractivity contribution in [3.05, 3.63) is 16.1 Å². The molecule has 94 valence electrons. The highest BCUT2D eigenvalue weighted by molar-refractivity contribution is 14.0. The summed E-state index contributed by atoms with van der Waals surface area (Å²) in [5, 5.41) is 9.35. The molecular weight excluding hydrogens is 347 g/mol. The number of nitrogens with one attached hydrogen (secondary N) is 2. The molecule has 0 aliphatic rings. The van der Waals surface area contributed by atoms with E-state index < -0.39 is 0 Å². The Kier molecular flexibility index (Phi) is 8.80. The zero-order chi connectivity index (χ0) is 11.8. The first-order chi connectivity index (χ1) is 7.76. The lowest BCUT2D eigenvalue weighted by molar-refractivity contribution is 0.811. The van der Waals surface area contributed by atoms with Gasteiger partial charge in [-0.1, -0.05) is 5.92 Å². The van der Waals surface area contributed by atoms with Crippen LogP contribution in [-0.2, 0) is 6.42 Å². The van der Waals surface area contributed by atoms with Crippen LogP contribution in [0.25, 0.3) is 0 Å². The molecule has 4 nitrogen and oxygen atoms in total. The first-order valence-corrected chi connectivity index (χ1v) is 5.93. The Balaban J connectivity index is 0.00000256. The van der Waals surface area contributed by atoms with Gasteiger partial charge in [-0.15, -0.1) is 41.7 Å². The van der Waals surface area contributed by atoms with Crippen molar-refractivity contribution in [1.82, 2.24) is 15.6 Å². The molecule has 0 bridgehead atoms. The van der Waals surface area contributed by atoms with Crippen molar-refractivity contribution in [3.8, 4) is 12.3 Å². The predicted octanol–water partition coefficient (Wildman–Crippen LogP) is 1.41. The van der Waals surface area contributed by atoms with Crippen molar-refractivity contribution in [2.75, 3.05) is 20.1 Å². The Bertz CT molecular complexity index is 394. The van der Waals surface area contributed by atoms with Gasteiger partial charge in [-0.05, 0) is 6.92 Å². The second-order valence-corrected chi connectivity index (χ2v) is 4.23. The second kappa shape index (κ2) is 9.24. The van der Waals surface area contributed by atoms with E-state index >= 15 is 0 Å². The minimum atomic E-state index is 0. The number of aryl methyl sites for hydroxylation is 1. The zero-order valence-electron chi connectivity index (χ0n) is 9.99. The lowest BCUT2D eigenvalue weighted by Crippen LogP contribution is -2.38. The molecule has 1 aromatic heterocycles. The van der Waals surface area contributed by atoms with E-state index in [1.54, 1.807) is 18.4 Å². The van der Waals surface area contributed by atoms with E-state index in [0.29, 0.717) is 6.54 Å². The minimum absolute atomic E-state index is 0. The first kappa shape index (κ1) is 16.2. The van der Waals surface area contributed by atoms with Crippen LogP contribution in [0.5, 0.6) is 0 Å². The lowest BCUT2D eigenvalue weighted by Gasteiger charge is -2.08. The van der Waals surface area contributed by atoms with E-state index in [9.17, 15) is 0 Å². The van der Waals surface area contributed by atoms with E-state index in [2.05, 4.69) is 31.9 Å². The summed E-state index contributed by atoms with van der Waals surface area (Å²) in [5.41, 5.74) is 1.11. The van der Waals surface area contributed by atoms with Gasteiger partial charge < -0.3 is 10.6 Å². The van der Waals surface area contributed by atoms with Gasteiger partial charge in [0.15, 0.2) is 5.96 Å². The predicted molar refractivity (Wildman–Crippen MR) is 84.2 cm³/mol. The van der Waals surface area contributed by atoms with Crippen molar-refractivity contribution in [1.29, 1.82) is 0 Å². The van der Waals surface area contributed by atoms with Gasteiger partial charge >= 0.3 is 0 Å². The van der Waals surface area contributed by atoms with Gasteiger partial charge in [0, 0.05) is 25.4 Å². The highest BCUT2D eigenvalue weighted by Crippen LogP contribution is 2.07. The van der Waals surface area contributed by atoms with Crippen LogP contribution in [0.3, 0.4) is 0 Å². The van der Waals surface area contributed by atoms with Crippen molar-refractivity contribution in [3.63, 3.8) is 0 Å². The van der Waals surface area contributed by atoms with E-state index in [-0.39, 0.29) is 24.0 Å². The van der Waals surface area contributed by atoms with E-state index in [1.165, 1.54) is 0 Å². The Labute approximate surface area is 123 Å². The van der Waals surface area contributed by atoms with Crippen molar-refractivity contribution < 1.29 is 0 Å². The molecule has 17 heavy (non-hydrogen) atoms. The number of nitrogens with zero attached hydrogens (tertiary/aromatic N) is 2. The van der Waals surface area contributed by atoms with Crippen LogP contribution >= 0.6 is 35.3 Å². The molecule has 1 heterocycles. The van der Waals surface area contributed by atoms with E-state index in [4.69, 9.17) is 6.42 Å². The highest BCUT2D eigenvalue weighted by Gasteiger charge is 1.99. The van der Waals surface area contributed by atoms with Crippen LogP contribution in [0.4, 0.5) is 0 Å². The maximum absolute atomic E-state index is 5.15. The van der Waals surface area contributed by atoms with Crippen LogP contribution < -0.4 is 10.6 Å². The van der Waals surface area contributed by atoms with Crippen LogP contribution in [0.2, 0.25) is 0 Å². The minimum Gasteiger partial charge on any atom is -0.356 e. The van der Waals surface area contributed by atoms with Crippen molar-refractivity contribution >= 4 is 41.3 Å². The van der Waals surface area contributed by atoms with Crippen molar-refractivity contribution in [2.24, 2.45) is 4.99 Å². The van der Waals surface area contributed by atoms with Crippen LogP contribution in [0, 0.1) is 19.3 Å². The average molecular weight is 364 g/mol. The molecule has 1 rings (SSSR count). The number of aliphatic imine (C=N–C) groups is 1. The Morgan fingerprint density at radius 3 is 2.88 bits per heavy atom. The van der Waals surface area contributed by atoms with Crippen molar-refractivity contribution in [2.45, 2.75) is 13.3 Å². The first-order valence-electron chi connectivity index (χ1n) is 5.05. The fourth-order valence-corrected chi connectivity index (χ4v) is 1.83. The number of hydrogen-bond acceptors (Lipinski definition) is 3. The van der Waals surface area contributed by atoms with Gasteiger partial charge in [0.2, 0.25) is 0 Å². The number of terminal acetylenes is 1. The molecule has 0 spiro atoms. The Morgan fingerprint density at radius 2 is 2.35 bits per heavy atom. The van der Waals surface area contributed by atoms with Crippen LogP contribution in [-0.4, -0.2) is 31.1 Å². The number of guanidine groups is 1. The summed E-state index contributed by atoms with van der Waals surface area (Å²) in [5.74, 6) is 3.23. The third kappa shape index (κ3) is 6.48. The number of halogens is 1. The SMILES string of the molecule is C#CCNC(=NC)NCCc1csc(C)n1.I. The number of rotatable bonds is 4. The molecule has 0 atom stereocenters. The molecule has 2 N–H and O–H groups in total. The highest BCUT2D eigenvalue weighted by atomic mass is 127. The van der Waals surface area contributed by atoms with Gasteiger partial charge in [0.05, 0.1) is 17.2 Å². The maximum atomic E-state index is 5.15. The molecule has 0 aliphatic heterocycles. The van der Waals surface area contributed by atoms with Gasteiger partial charge in [0.25, 0.3) is 0 Å². The quantitative estimate of drug-likeness (QED) is 0.368. The fraction of sp³-hybridized carbons (Fsp3) is 0.455. The summed E-state index contributed by atoms with van der Waals surface area (Å²) in [7, 11) is 1.72. The van der Waals surface area contributed by atoms with E-state index in [1.807, 2.05) is 6.92 Å². The van der Waals surface area contributed by atoms with Gasteiger partial charge in [0.1, 0.15) is 0 Å². The third-order valence-electron chi connectivity index (χ3n) is 1.92. The normalized spacial score (nSPS) is 10.3. The maximum Gasteiger partial charge on any atom is 0.191 e. The molecule has 0 amide bonds. The van der Waals surface area contributed by atoms with E-state index in [0.717, 1.165) is 29.6 Å². The summed E-state index contributed by atoms with van der Waals surface area (Å²) in [6.07, 6.45) is 6.04. The summed E-state index contributed by atoms with van der Waals surface area (Å²) in [4.78, 5) is 8.42. The van der Waals surface area contributed by atoms with Gasteiger partial charge in [-0.25, -0.2) is 4.98 Å². The fourth-order valence-electron chi connectivity index (χ4n) is 1.19. The summed E-state index contributed by atoms with van der Waals surface area (Å²) in [6.45, 7) is 3.29. The molecular formula is C11H17IN4S. The molecule has 0 fully saturated rings. The molecule has 1 aromatic rings. The summed E-state index contributed by atoms with van der Waals surface area (Å²) in [6, 6.07) is 0. The van der Waals surface area contributed by atoms with Gasteiger partial charge in [-0.3, -0.25) is 4.99 Å².